The summed E-state index contributed by atoms with van der Waals surface area (Å²) in [4.78, 5) is 33.2. The molecule has 2 amide bonds. The van der Waals surface area contributed by atoms with Crippen LogP contribution in [0.1, 0.15) is 4.88 Å². The number of nitrogens with zero attached hydrogens (tertiary/aromatic N) is 3. The molecule has 112 valence electrons. The van der Waals surface area contributed by atoms with Crippen LogP contribution in [0, 0.1) is 6.92 Å². The molecule has 0 spiro atoms. The Labute approximate surface area is 130 Å². The third-order valence-corrected chi connectivity index (χ3v) is 3.74. The van der Waals surface area contributed by atoms with Crippen LogP contribution in [0.3, 0.4) is 0 Å². The van der Waals surface area contributed by atoms with Gasteiger partial charge in [0.25, 0.3) is 11.8 Å². The van der Waals surface area contributed by atoms with E-state index in [2.05, 4.69) is 20.7 Å². The van der Waals surface area contributed by atoms with Crippen LogP contribution < -0.4 is 15.8 Å². The first kappa shape index (κ1) is 14.2. The number of rotatable bonds is 3. The Morgan fingerprint density at radius 1 is 1.36 bits per heavy atom. The maximum Gasteiger partial charge on any atom is 0.294 e. The predicted molar refractivity (Wildman–Crippen MR) is 84.8 cm³/mol. The fourth-order valence-electron chi connectivity index (χ4n) is 1.90. The van der Waals surface area contributed by atoms with Gasteiger partial charge in [-0.05, 0) is 19.1 Å². The van der Waals surface area contributed by atoms with Gasteiger partial charge < -0.3 is 0 Å². The van der Waals surface area contributed by atoms with Gasteiger partial charge in [0.15, 0.2) is 5.13 Å². The van der Waals surface area contributed by atoms with Gasteiger partial charge in [-0.25, -0.2) is 9.99 Å². The highest BCUT2D eigenvalue weighted by molar-refractivity contribution is 7.15. The lowest BCUT2D eigenvalue weighted by atomic mass is 10.3. The predicted octanol–water partition coefficient (Wildman–Crippen LogP) is 1.34. The summed E-state index contributed by atoms with van der Waals surface area (Å²) >= 11 is 1.37. The van der Waals surface area contributed by atoms with Crippen LogP contribution in [-0.4, -0.2) is 29.2 Å². The number of aliphatic imine (C=N–C) groups is 1. The molecule has 0 aliphatic carbocycles. The first-order chi connectivity index (χ1) is 10.6. The molecule has 1 aliphatic heterocycles. The second-order valence-electron chi connectivity index (χ2n) is 4.57. The molecule has 0 bridgehead atoms. The van der Waals surface area contributed by atoms with Crippen molar-refractivity contribution in [2.75, 3.05) is 16.9 Å². The minimum Gasteiger partial charge on any atom is -0.295 e. The number of anilines is 2. The highest BCUT2D eigenvalue weighted by Crippen LogP contribution is 2.17. The Balaban J connectivity index is 1.75. The smallest absolute Gasteiger partial charge is 0.294 e. The molecule has 0 unspecified atom stereocenters. The lowest BCUT2D eigenvalue weighted by Crippen LogP contribution is -2.54. The molecule has 22 heavy (non-hydrogen) atoms. The number of aryl methyl sites for hydroxylation is 1. The number of hydrogen-bond donors (Lipinski definition) is 2. The van der Waals surface area contributed by atoms with Crippen molar-refractivity contribution in [1.82, 2.24) is 10.4 Å². The highest BCUT2D eigenvalue weighted by Gasteiger charge is 2.25. The number of amidine groups is 1. The molecular weight excluding hydrogens is 302 g/mol. The average molecular weight is 315 g/mol. The Morgan fingerprint density at radius 2 is 2.14 bits per heavy atom. The van der Waals surface area contributed by atoms with Gasteiger partial charge in [0, 0.05) is 11.1 Å². The molecule has 8 heteroatoms. The van der Waals surface area contributed by atoms with Crippen LogP contribution in [0.25, 0.3) is 0 Å². The fourth-order valence-corrected chi connectivity index (χ4v) is 2.56. The maximum absolute atomic E-state index is 12.2. The van der Waals surface area contributed by atoms with Crippen LogP contribution >= 0.6 is 11.3 Å². The van der Waals surface area contributed by atoms with Crippen LogP contribution in [0.4, 0.5) is 10.8 Å². The van der Waals surface area contributed by atoms with Crippen LogP contribution in [0.15, 0.2) is 41.5 Å². The topological polar surface area (TPSA) is 86.7 Å². The summed E-state index contributed by atoms with van der Waals surface area (Å²) in [6.07, 6.45) is 1.68. The molecule has 0 saturated heterocycles. The Hall–Kier alpha value is -2.74. The highest BCUT2D eigenvalue weighted by atomic mass is 32.1. The van der Waals surface area contributed by atoms with E-state index in [0.717, 1.165) is 4.88 Å². The molecule has 2 N–H and O–H groups in total. The van der Waals surface area contributed by atoms with Crippen molar-refractivity contribution in [3.05, 3.63) is 41.4 Å². The Bertz CT molecular complexity index is 741. The molecule has 0 fully saturated rings. The summed E-state index contributed by atoms with van der Waals surface area (Å²) in [5, 5.41) is 4.47. The van der Waals surface area contributed by atoms with Crippen LogP contribution in [-0.2, 0) is 9.59 Å². The quantitative estimate of drug-likeness (QED) is 0.895. The number of carbonyl (C=O) groups is 2. The second-order valence-corrected chi connectivity index (χ2v) is 5.81. The molecule has 0 saturated carbocycles. The number of hydrogen-bond acceptors (Lipinski definition) is 6. The minimum atomic E-state index is -0.428. The van der Waals surface area contributed by atoms with E-state index in [-0.39, 0.29) is 18.3 Å². The minimum absolute atomic E-state index is 0.0799. The number of hydrazine groups is 1. The number of thiazole rings is 1. The van der Waals surface area contributed by atoms with Gasteiger partial charge in [0.05, 0.1) is 5.69 Å². The van der Waals surface area contributed by atoms with Crippen LogP contribution in [0.2, 0.25) is 0 Å². The average Bonchev–Trinajstić information content (AvgIpc) is 2.93. The third-order valence-electron chi connectivity index (χ3n) is 2.91. The number of benzene rings is 1. The molecule has 0 radical (unpaired) electrons. The van der Waals surface area contributed by atoms with Crippen molar-refractivity contribution >= 4 is 39.8 Å². The van der Waals surface area contributed by atoms with Crippen molar-refractivity contribution in [2.45, 2.75) is 6.92 Å². The fraction of sp³-hybridized carbons (Fsp3) is 0.143. The number of nitrogens with one attached hydrogen (secondary N) is 2. The Kier molecular flexibility index (Phi) is 3.84. The van der Waals surface area contributed by atoms with Gasteiger partial charge in [-0.2, -0.15) is 0 Å². The maximum atomic E-state index is 12.2. The van der Waals surface area contributed by atoms with Gasteiger partial charge >= 0.3 is 0 Å². The van der Waals surface area contributed by atoms with Crippen molar-refractivity contribution in [2.24, 2.45) is 4.99 Å². The summed E-state index contributed by atoms with van der Waals surface area (Å²) in [6, 6.07) is 9.03. The molecular formula is C14H13N5O2S. The summed E-state index contributed by atoms with van der Waals surface area (Å²) in [7, 11) is 0. The van der Waals surface area contributed by atoms with E-state index in [4.69, 9.17) is 0 Å². The zero-order chi connectivity index (χ0) is 15.5. The van der Waals surface area contributed by atoms with E-state index in [0.29, 0.717) is 10.8 Å². The molecule has 1 aliphatic rings. The van der Waals surface area contributed by atoms with Crippen molar-refractivity contribution < 1.29 is 9.59 Å². The van der Waals surface area contributed by atoms with Crippen LogP contribution in [0.5, 0.6) is 0 Å². The van der Waals surface area contributed by atoms with Crippen molar-refractivity contribution in [3.63, 3.8) is 0 Å². The van der Waals surface area contributed by atoms with Gasteiger partial charge in [-0.3, -0.25) is 25.3 Å². The molecule has 3 rings (SSSR count). The lowest BCUT2D eigenvalue weighted by molar-refractivity contribution is -0.118. The molecule has 1 aromatic carbocycles. The number of para-hydroxylation sites is 1. The van der Waals surface area contributed by atoms with E-state index < -0.39 is 5.91 Å². The largest absolute Gasteiger partial charge is 0.295 e. The number of aromatic nitrogens is 1. The lowest BCUT2D eigenvalue weighted by Gasteiger charge is -2.27. The molecule has 2 aromatic rings. The summed E-state index contributed by atoms with van der Waals surface area (Å²) in [5.41, 5.74) is 3.40. The SMILES string of the molecule is Cc1cnc(NC(=O)C2=NCC(=O)N(c3ccccc3)N2)s1. The van der Waals surface area contributed by atoms with E-state index in [9.17, 15) is 9.59 Å². The van der Waals surface area contributed by atoms with Crippen molar-refractivity contribution in [1.29, 1.82) is 0 Å². The third kappa shape index (κ3) is 2.96. The molecule has 2 heterocycles. The standard InChI is InChI=1S/C14H13N5O2S/c1-9-7-16-14(22-9)17-13(21)12-15-8-11(20)19(18-12)10-5-3-2-4-6-10/h2-7H,8H2,1H3,(H,15,18)(H,16,17,21). The van der Waals surface area contributed by atoms with E-state index in [1.54, 1.807) is 18.3 Å². The second kappa shape index (κ2) is 5.94. The first-order valence-corrected chi connectivity index (χ1v) is 7.38. The molecule has 0 atom stereocenters. The van der Waals surface area contributed by atoms with E-state index in [1.165, 1.54) is 16.3 Å². The summed E-state index contributed by atoms with van der Waals surface area (Å²) in [5.74, 6) is -0.577. The molecule has 1 aromatic heterocycles. The molecule has 7 nitrogen and oxygen atoms in total. The normalized spacial score (nSPS) is 14.3. The monoisotopic (exact) mass is 315 g/mol. The van der Waals surface area contributed by atoms with Gasteiger partial charge in [0.2, 0.25) is 5.84 Å². The summed E-state index contributed by atoms with van der Waals surface area (Å²) in [6.45, 7) is 1.82. The van der Waals surface area contributed by atoms with Crippen molar-refractivity contribution in [3.8, 4) is 0 Å². The van der Waals surface area contributed by atoms with E-state index >= 15 is 0 Å². The van der Waals surface area contributed by atoms with E-state index in [1.807, 2.05) is 25.1 Å². The number of amides is 2. The van der Waals surface area contributed by atoms with Gasteiger partial charge in [0.1, 0.15) is 6.54 Å². The summed E-state index contributed by atoms with van der Waals surface area (Å²) < 4.78 is 0. The first-order valence-electron chi connectivity index (χ1n) is 6.56. The Morgan fingerprint density at radius 3 is 2.82 bits per heavy atom. The zero-order valence-corrected chi connectivity index (χ0v) is 12.6. The zero-order valence-electron chi connectivity index (χ0n) is 11.7. The van der Waals surface area contributed by atoms with Gasteiger partial charge in [-0.1, -0.05) is 18.2 Å². The number of carbonyl (C=O) groups excluding carboxylic acids is 2. The van der Waals surface area contributed by atoms with Gasteiger partial charge in [-0.15, -0.1) is 11.3 Å².